The fraction of sp³-hybridized carbons (Fsp3) is 0.727. The van der Waals surface area contributed by atoms with Crippen LogP contribution in [-0.2, 0) is 16.1 Å². The largest absolute Gasteiger partial charge is 0.380 e. The van der Waals surface area contributed by atoms with E-state index >= 15 is 0 Å². The van der Waals surface area contributed by atoms with Crippen molar-refractivity contribution in [2.45, 2.75) is 13.0 Å². The Morgan fingerprint density at radius 2 is 2.61 bits per heavy atom. The van der Waals surface area contributed by atoms with Gasteiger partial charge in [-0.2, -0.15) is 15.4 Å². The summed E-state index contributed by atoms with van der Waals surface area (Å²) in [4.78, 5) is 12.4. The molecule has 1 aromatic rings. The maximum absolute atomic E-state index is 12.4. The number of carbonyl (C=O) groups excluding carboxylic acids is 1. The van der Waals surface area contributed by atoms with Gasteiger partial charge in [-0.15, -0.1) is 0 Å². The summed E-state index contributed by atoms with van der Waals surface area (Å²) in [6, 6.07) is 0. The van der Waals surface area contributed by atoms with Gasteiger partial charge in [-0.3, -0.25) is 4.79 Å². The Morgan fingerprint density at radius 1 is 1.67 bits per heavy atom. The minimum atomic E-state index is -0.401. The normalized spacial score (nSPS) is 31.0. The van der Waals surface area contributed by atoms with Gasteiger partial charge < -0.3 is 15.4 Å². The highest BCUT2D eigenvalue weighted by atomic mass is 16.5. The zero-order valence-corrected chi connectivity index (χ0v) is 10.1. The second-order valence-electron chi connectivity index (χ2n) is 4.97. The molecule has 2 saturated heterocycles. The molecule has 3 N–H and O–H groups in total. The van der Waals surface area contributed by atoms with Gasteiger partial charge in [0.05, 0.1) is 24.8 Å². The molecule has 2 fully saturated rings. The molecule has 2 aliphatic rings. The average Bonchev–Trinajstić information content (AvgIpc) is 3.05. The molecule has 7 heteroatoms. The van der Waals surface area contributed by atoms with Crippen molar-refractivity contribution in [3.05, 3.63) is 11.9 Å². The Balaban J connectivity index is 1.66. The van der Waals surface area contributed by atoms with Gasteiger partial charge in [-0.1, -0.05) is 0 Å². The lowest BCUT2D eigenvalue weighted by Crippen LogP contribution is -2.51. The zero-order valence-electron chi connectivity index (χ0n) is 10.1. The molecule has 0 bridgehead atoms. The number of fused-ring (bicyclic) bond motifs is 1. The minimum absolute atomic E-state index is 0.0557. The van der Waals surface area contributed by atoms with E-state index in [1.807, 2.05) is 0 Å². The van der Waals surface area contributed by atoms with E-state index in [1.165, 1.54) is 0 Å². The fourth-order valence-corrected chi connectivity index (χ4v) is 2.82. The van der Waals surface area contributed by atoms with Crippen LogP contribution in [0.4, 0.5) is 0 Å². The Kier molecular flexibility index (Phi) is 3.00. The molecule has 2 atom stereocenters. The maximum Gasteiger partial charge on any atom is 0.230 e. The molecule has 3 heterocycles. The van der Waals surface area contributed by atoms with Gasteiger partial charge in [0.25, 0.3) is 0 Å². The highest BCUT2D eigenvalue weighted by molar-refractivity contribution is 5.84. The van der Waals surface area contributed by atoms with Gasteiger partial charge in [0, 0.05) is 13.2 Å². The number of hydrogen-bond acceptors (Lipinski definition) is 5. The highest BCUT2D eigenvalue weighted by Crippen LogP contribution is 2.37. The Labute approximate surface area is 105 Å². The van der Waals surface area contributed by atoms with Crippen LogP contribution in [0.5, 0.6) is 0 Å². The number of aromatic nitrogens is 3. The molecule has 0 unspecified atom stereocenters. The number of amides is 1. The first-order valence-corrected chi connectivity index (χ1v) is 6.23. The van der Waals surface area contributed by atoms with Gasteiger partial charge in [0.2, 0.25) is 5.91 Å². The predicted octanol–water partition coefficient (Wildman–Crippen LogP) is -0.953. The monoisotopic (exact) mass is 251 g/mol. The van der Waals surface area contributed by atoms with Crippen LogP contribution < -0.4 is 10.6 Å². The first kappa shape index (κ1) is 11.6. The van der Waals surface area contributed by atoms with E-state index in [1.54, 1.807) is 6.20 Å². The lowest BCUT2D eigenvalue weighted by Gasteiger charge is -2.36. The number of carbonyl (C=O) groups is 1. The van der Waals surface area contributed by atoms with Crippen molar-refractivity contribution in [3.63, 3.8) is 0 Å². The molecule has 1 aromatic heterocycles. The van der Waals surface area contributed by atoms with Gasteiger partial charge in [0.1, 0.15) is 5.69 Å². The van der Waals surface area contributed by atoms with Gasteiger partial charge >= 0.3 is 0 Å². The summed E-state index contributed by atoms with van der Waals surface area (Å²) in [5, 5.41) is 16.4. The van der Waals surface area contributed by atoms with Gasteiger partial charge in [-0.25, -0.2) is 0 Å². The molecule has 0 aromatic carbocycles. The summed E-state index contributed by atoms with van der Waals surface area (Å²) >= 11 is 0. The van der Waals surface area contributed by atoms with Crippen LogP contribution in [0.3, 0.4) is 0 Å². The third kappa shape index (κ3) is 1.89. The van der Waals surface area contributed by atoms with E-state index < -0.39 is 5.41 Å². The van der Waals surface area contributed by atoms with E-state index in [2.05, 4.69) is 26.0 Å². The van der Waals surface area contributed by atoms with Crippen LogP contribution in [0.2, 0.25) is 0 Å². The van der Waals surface area contributed by atoms with Crippen molar-refractivity contribution < 1.29 is 9.53 Å². The Hall–Kier alpha value is -1.47. The van der Waals surface area contributed by atoms with Crippen molar-refractivity contribution in [2.24, 2.45) is 11.3 Å². The minimum Gasteiger partial charge on any atom is -0.380 e. The molecule has 7 nitrogen and oxygen atoms in total. The average molecular weight is 251 g/mol. The van der Waals surface area contributed by atoms with Crippen molar-refractivity contribution in [3.8, 4) is 0 Å². The van der Waals surface area contributed by atoms with Crippen LogP contribution in [0, 0.1) is 11.3 Å². The maximum atomic E-state index is 12.4. The number of nitrogens with one attached hydrogen (secondary N) is 3. The van der Waals surface area contributed by atoms with Gasteiger partial charge in [0.15, 0.2) is 0 Å². The quantitative estimate of drug-likeness (QED) is 0.644. The first-order valence-electron chi connectivity index (χ1n) is 6.23. The van der Waals surface area contributed by atoms with Crippen LogP contribution in [-0.4, -0.2) is 47.6 Å². The van der Waals surface area contributed by atoms with Crippen LogP contribution in [0.15, 0.2) is 6.20 Å². The lowest BCUT2D eigenvalue weighted by atomic mass is 9.75. The predicted molar refractivity (Wildman–Crippen MR) is 62.5 cm³/mol. The van der Waals surface area contributed by atoms with Gasteiger partial charge in [-0.05, 0) is 18.9 Å². The highest BCUT2D eigenvalue weighted by Gasteiger charge is 2.50. The summed E-state index contributed by atoms with van der Waals surface area (Å²) in [7, 11) is 0. The molecule has 0 spiro atoms. The van der Waals surface area contributed by atoms with Crippen molar-refractivity contribution >= 4 is 5.91 Å². The lowest BCUT2D eigenvalue weighted by molar-refractivity contribution is -0.141. The van der Waals surface area contributed by atoms with Crippen LogP contribution in [0.1, 0.15) is 12.1 Å². The molecule has 3 rings (SSSR count). The molecule has 0 aliphatic carbocycles. The first-order chi connectivity index (χ1) is 8.81. The van der Waals surface area contributed by atoms with Crippen LogP contribution >= 0.6 is 0 Å². The summed E-state index contributed by atoms with van der Waals surface area (Å²) in [5.74, 6) is 0.434. The fourth-order valence-electron chi connectivity index (χ4n) is 2.82. The summed E-state index contributed by atoms with van der Waals surface area (Å²) < 4.78 is 5.51. The number of nitrogens with zero attached hydrogens (tertiary/aromatic N) is 2. The Bertz CT molecular complexity index is 421. The molecule has 0 radical (unpaired) electrons. The van der Waals surface area contributed by atoms with E-state index in [4.69, 9.17) is 4.74 Å². The van der Waals surface area contributed by atoms with E-state index in [0.29, 0.717) is 25.6 Å². The zero-order chi connectivity index (χ0) is 12.4. The summed E-state index contributed by atoms with van der Waals surface area (Å²) in [6.45, 7) is 3.27. The molecule has 98 valence electrons. The number of hydrogen-bond donors (Lipinski definition) is 3. The van der Waals surface area contributed by atoms with Crippen LogP contribution in [0.25, 0.3) is 0 Å². The molecular weight excluding hydrogens is 234 g/mol. The topological polar surface area (TPSA) is 91.9 Å². The van der Waals surface area contributed by atoms with E-state index in [-0.39, 0.29) is 5.91 Å². The number of rotatable bonds is 3. The van der Waals surface area contributed by atoms with E-state index in [0.717, 1.165) is 25.3 Å². The second-order valence-corrected chi connectivity index (χ2v) is 4.97. The molecule has 2 aliphatic heterocycles. The molecule has 0 saturated carbocycles. The van der Waals surface area contributed by atoms with Crippen molar-refractivity contribution in [2.75, 3.05) is 26.3 Å². The number of ether oxygens (including phenoxy) is 1. The third-order valence-electron chi connectivity index (χ3n) is 3.93. The van der Waals surface area contributed by atoms with Crippen molar-refractivity contribution in [1.29, 1.82) is 0 Å². The standard InChI is InChI=1S/C11H17N5O2/c17-10(13-4-9-5-14-16-15-9)11-6-12-3-8(11)1-2-18-7-11/h5,8,12H,1-4,6-7H2,(H,13,17)(H,14,15,16)/t8-,11+/m1/s1. The summed E-state index contributed by atoms with van der Waals surface area (Å²) in [6.07, 6.45) is 2.56. The number of H-pyrrole nitrogens is 1. The molecular formula is C11H17N5O2. The molecule has 1 amide bonds. The van der Waals surface area contributed by atoms with Crippen molar-refractivity contribution in [1.82, 2.24) is 26.0 Å². The second kappa shape index (κ2) is 4.66. The molecule has 18 heavy (non-hydrogen) atoms. The third-order valence-corrected chi connectivity index (χ3v) is 3.93. The van der Waals surface area contributed by atoms with E-state index in [9.17, 15) is 4.79 Å². The summed E-state index contributed by atoms with van der Waals surface area (Å²) in [5.41, 5.74) is 0.334. The number of aromatic amines is 1. The Morgan fingerprint density at radius 3 is 3.44 bits per heavy atom. The SMILES string of the molecule is O=C(NCc1cn[nH]n1)[C@]12CNC[C@H]1CCOC2. The smallest absolute Gasteiger partial charge is 0.230 e.